The van der Waals surface area contributed by atoms with Crippen molar-refractivity contribution < 1.29 is 18.0 Å². The standard InChI is InChI=1S/C34H35Br2N3O4S/c1-24(2)37-34(41)32(20-26-8-5-4-6-9-26)38(22-27-14-16-28(35)17-15-27)33(40)23-39(30-11-7-10-29(36)21-30)44(42,43)31-18-12-25(3)13-19-31/h4-19,21,24,32H,20,22-23H2,1-3H3,(H,37,41)/t32-/m0/s1. The third-order valence-corrected chi connectivity index (χ3v) is 9.76. The zero-order valence-corrected chi connectivity index (χ0v) is 28.8. The van der Waals surface area contributed by atoms with Crippen molar-refractivity contribution in [3.63, 3.8) is 0 Å². The number of aryl methyl sites for hydroxylation is 1. The normalized spacial score (nSPS) is 12.0. The molecule has 230 valence electrons. The molecule has 1 atom stereocenters. The largest absolute Gasteiger partial charge is 0.352 e. The molecule has 1 N–H and O–H groups in total. The highest BCUT2D eigenvalue weighted by Gasteiger charge is 2.34. The zero-order chi connectivity index (χ0) is 31.9. The Labute approximate surface area is 276 Å². The molecule has 7 nitrogen and oxygen atoms in total. The zero-order valence-electron chi connectivity index (χ0n) is 24.8. The van der Waals surface area contributed by atoms with Crippen LogP contribution in [0.1, 0.15) is 30.5 Å². The summed E-state index contributed by atoms with van der Waals surface area (Å²) in [4.78, 5) is 29.8. The molecule has 10 heteroatoms. The van der Waals surface area contributed by atoms with E-state index in [4.69, 9.17) is 0 Å². The summed E-state index contributed by atoms with van der Waals surface area (Å²) in [6, 6.07) is 29.2. The van der Waals surface area contributed by atoms with Gasteiger partial charge in [0.2, 0.25) is 11.8 Å². The summed E-state index contributed by atoms with van der Waals surface area (Å²) in [5.74, 6) is -0.826. The topological polar surface area (TPSA) is 86.8 Å². The van der Waals surface area contributed by atoms with Gasteiger partial charge in [-0.25, -0.2) is 8.42 Å². The van der Waals surface area contributed by atoms with Gasteiger partial charge >= 0.3 is 0 Å². The monoisotopic (exact) mass is 739 g/mol. The molecule has 0 saturated heterocycles. The maximum absolute atomic E-state index is 14.5. The van der Waals surface area contributed by atoms with E-state index in [1.54, 1.807) is 36.4 Å². The van der Waals surface area contributed by atoms with Crippen LogP contribution in [0.4, 0.5) is 5.69 Å². The first-order chi connectivity index (χ1) is 20.9. The van der Waals surface area contributed by atoms with Gasteiger partial charge in [0, 0.05) is 28.0 Å². The van der Waals surface area contributed by atoms with Gasteiger partial charge in [-0.3, -0.25) is 13.9 Å². The lowest BCUT2D eigenvalue weighted by atomic mass is 10.0. The molecule has 0 saturated carbocycles. The van der Waals surface area contributed by atoms with Gasteiger partial charge < -0.3 is 10.2 Å². The smallest absolute Gasteiger partial charge is 0.264 e. The molecule has 0 aliphatic rings. The van der Waals surface area contributed by atoms with Gasteiger partial charge in [0.15, 0.2) is 0 Å². The third-order valence-electron chi connectivity index (χ3n) is 6.95. The molecule has 0 aromatic heterocycles. The van der Waals surface area contributed by atoms with Crippen molar-refractivity contribution in [3.8, 4) is 0 Å². The lowest BCUT2D eigenvalue weighted by molar-refractivity contribution is -0.140. The number of anilines is 1. The molecule has 4 aromatic carbocycles. The number of sulfonamides is 1. The van der Waals surface area contributed by atoms with Crippen molar-refractivity contribution in [2.45, 2.75) is 50.7 Å². The number of amides is 2. The average molecular weight is 742 g/mol. The van der Waals surface area contributed by atoms with Crippen molar-refractivity contribution in [1.82, 2.24) is 10.2 Å². The summed E-state index contributed by atoms with van der Waals surface area (Å²) in [7, 11) is -4.16. The fourth-order valence-corrected chi connectivity index (χ4v) is 6.78. The summed E-state index contributed by atoms with van der Waals surface area (Å²) in [5.41, 5.74) is 2.91. The van der Waals surface area contributed by atoms with Gasteiger partial charge in [0.25, 0.3) is 10.0 Å². The molecule has 0 radical (unpaired) electrons. The van der Waals surface area contributed by atoms with Crippen molar-refractivity contribution in [2.24, 2.45) is 0 Å². The number of carbonyl (C=O) groups excluding carboxylic acids is 2. The maximum atomic E-state index is 14.5. The Hall–Kier alpha value is -3.47. The molecule has 2 amide bonds. The van der Waals surface area contributed by atoms with Crippen LogP contribution in [0.5, 0.6) is 0 Å². The van der Waals surface area contributed by atoms with Crippen LogP contribution in [0, 0.1) is 6.92 Å². The molecule has 0 bridgehead atoms. The lowest BCUT2D eigenvalue weighted by Gasteiger charge is -2.34. The quantitative estimate of drug-likeness (QED) is 0.172. The minimum atomic E-state index is -4.16. The maximum Gasteiger partial charge on any atom is 0.264 e. The highest BCUT2D eigenvalue weighted by molar-refractivity contribution is 9.10. The van der Waals surface area contributed by atoms with Crippen LogP contribution >= 0.6 is 31.9 Å². The van der Waals surface area contributed by atoms with E-state index < -0.39 is 28.5 Å². The molecule has 44 heavy (non-hydrogen) atoms. The van der Waals surface area contributed by atoms with E-state index in [-0.39, 0.29) is 29.8 Å². The number of hydrogen-bond donors (Lipinski definition) is 1. The fourth-order valence-electron chi connectivity index (χ4n) is 4.72. The number of benzene rings is 4. The molecule has 0 unspecified atom stereocenters. The Morgan fingerprint density at radius 2 is 1.45 bits per heavy atom. The summed E-state index contributed by atoms with van der Waals surface area (Å²) in [5, 5.41) is 2.97. The van der Waals surface area contributed by atoms with Crippen LogP contribution < -0.4 is 9.62 Å². The summed E-state index contributed by atoms with van der Waals surface area (Å²) < 4.78 is 30.9. The number of nitrogens with one attached hydrogen (secondary N) is 1. The summed E-state index contributed by atoms with van der Waals surface area (Å²) in [6.07, 6.45) is 0.253. The van der Waals surface area contributed by atoms with Crippen LogP contribution in [0.25, 0.3) is 0 Å². The van der Waals surface area contributed by atoms with Crippen LogP contribution in [-0.4, -0.2) is 43.8 Å². The Kier molecular flexibility index (Phi) is 11.4. The molecule has 0 spiro atoms. The SMILES string of the molecule is Cc1ccc(S(=O)(=O)N(CC(=O)N(Cc2ccc(Br)cc2)[C@@H](Cc2ccccc2)C(=O)NC(C)C)c2cccc(Br)c2)cc1. The van der Waals surface area contributed by atoms with E-state index in [1.807, 2.05) is 75.4 Å². The molecule has 4 aromatic rings. The molecule has 0 fully saturated rings. The minimum absolute atomic E-state index is 0.0636. The minimum Gasteiger partial charge on any atom is -0.352 e. The van der Waals surface area contributed by atoms with Crippen molar-refractivity contribution in [2.75, 3.05) is 10.8 Å². The Morgan fingerprint density at radius 3 is 2.07 bits per heavy atom. The van der Waals surface area contributed by atoms with E-state index in [9.17, 15) is 18.0 Å². The second-order valence-corrected chi connectivity index (χ2v) is 14.5. The predicted molar refractivity (Wildman–Crippen MR) is 182 cm³/mol. The fraction of sp³-hybridized carbons (Fsp3) is 0.235. The first-order valence-corrected chi connectivity index (χ1v) is 17.2. The van der Waals surface area contributed by atoms with E-state index in [0.29, 0.717) is 10.2 Å². The van der Waals surface area contributed by atoms with Gasteiger partial charge in [-0.2, -0.15) is 0 Å². The number of rotatable bonds is 12. The summed E-state index contributed by atoms with van der Waals surface area (Å²) in [6.45, 7) is 5.19. The van der Waals surface area contributed by atoms with Gasteiger partial charge in [-0.15, -0.1) is 0 Å². The third kappa shape index (κ3) is 8.80. The van der Waals surface area contributed by atoms with Crippen molar-refractivity contribution in [1.29, 1.82) is 0 Å². The Balaban J connectivity index is 1.80. The van der Waals surface area contributed by atoms with E-state index in [0.717, 1.165) is 25.5 Å². The first kappa shape index (κ1) is 33.4. The summed E-state index contributed by atoms with van der Waals surface area (Å²) >= 11 is 6.89. The van der Waals surface area contributed by atoms with Gasteiger partial charge in [0.1, 0.15) is 12.6 Å². The van der Waals surface area contributed by atoms with Crippen LogP contribution in [0.15, 0.2) is 117 Å². The lowest BCUT2D eigenvalue weighted by Crippen LogP contribution is -2.54. The van der Waals surface area contributed by atoms with Gasteiger partial charge in [0.05, 0.1) is 10.6 Å². The predicted octanol–water partition coefficient (Wildman–Crippen LogP) is 6.88. The number of nitrogens with zero attached hydrogens (tertiary/aromatic N) is 2. The van der Waals surface area contributed by atoms with Crippen LogP contribution in [0.3, 0.4) is 0 Å². The molecule has 0 aliphatic carbocycles. The van der Waals surface area contributed by atoms with Crippen LogP contribution in [0.2, 0.25) is 0 Å². The Morgan fingerprint density at radius 1 is 0.795 bits per heavy atom. The number of carbonyl (C=O) groups is 2. The van der Waals surface area contributed by atoms with Crippen molar-refractivity contribution >= 4 is 59.4 Å². The van der Waals surface area contributed by atoms with E-state index >= 15 is 0 Å². The highest BCUT2D eigenvalue weighted by atomic mass is 79.9. The average Bonchev–Trinajstić information content (AvgIpc) is 2.98. The molecule has 4 rings (SSSR count). The van der Waals surface area contributed by atoms with E-state index in [1.165, 1.54) is 17.0 Å². The second-order valence-electron chi connectivity index (χ2n) is 10.8. The molecular formula is C34H35Br2N3O4S. The number of halogens is 2. The highest BCUT2D eigenvalue weighted by Crippen LogP contribution is 2.27. The van der Waals surface area contributed by atoms with Gasteiger partial charge in [-0.1, -0.05) is 98.1 Å². The second kappa shape index (κ2) is 15.0. The molecule has 0 heterocycles. The number of hydrogen-bond acceptors (Lipinski definition) is 4. The van der Waals surface area contributed by atoms with Crippen LogP contribution in [-0.2, 0) is 32.6 Å². The van der Waals surface area contributed by atoms with E-state index in [2.05, 4.69) is 37.2 Å². The molecule has 0 aliphatic heterocycles. The first-order valence-electron chi connectivity index (χ1n) is 14.2. The molecular weight excluding hydrogens is 706 g/mol. The van der Waals surface area contributed by atoms with Gasteiger partial charge in [-0.05, 0) is 74.4 Å². The Bertz CT molecular complexity index is 1680. The van der Waals surface area contributed by atoms with Crippen molar-refractivity contribution in [3.05, 3.63) is 129 Å².